The van der Waals surface area contributed by atoms with Gasteiger partial charge in [-0.05, 0) is 32.9 Å². The minimum absolute atomic E-state index is 0.498. The third-order valence-electron chi connectivity index (χ3n) is 4.91. The van der Waals surface area contributed by atoms with Crippen LogP contribution >= 0.6 is 0 Å². The van der Waals surface area contributed by atoms with Crippen molar-refractivity contribution in [2.75, 3.05) is 36.2 Å². The summed E-state index contributed by atoms with van der Waals surface area (Å²) in [4.78, 5) is 19.7. The number of rotatable bonds is 5. The zero-order chi connectivity index (χ0) is 20.2. The summed E-state index contributed by atoms with van der Waals surface area (Å²) in [6.07, 6.45) is 5.65. The molecular weight excluding hydrogens is 366 g/mol. The van der Waals surface area contributed by atoms with Crippen LogP contribution in [0.1, 0.15) is 20.8 Å². The lowest BCUT2D eigenvalue weighted by atomic mass is 10.1. The molecule has 0 amide bonds. The van der Waals surface area contributed by atoms with E-state index in [1.807, 2.05) is 57.3 Å². The van der Waals surface area contributed by atoms with Crippen LogP contribution in [0.25, 0.3) is 22.3 Å². The van der Waals surface area contributed by atoms with Crippen molar-refractivity contribution in [1.29, 1.82) is 0 Å². The molecule has 2 aromatic heterocycles. The maximum Gasteiger partial charge on any atom is 0.256 e. The minimum Gasteiger partial charge on any atom is -0.378 e. The highest BCUT2D eigenvalue weighted by molar-refractivity contribution is 5.93. The van der Waals surface area contributed by atoms with E-state index in [4.69, 9.17) is 19.7 Å². The number of ether oxygens (including phenoxy) is 1. The number of anilines is 2. The lowest BCUT2D eigenvalue weighted by molar-refractivity contribution is 0.122. The molecule has 3 aromatic rings. The number of nitrogens with zero attached hydrogens (tertiary/aromatic N) is 6. The SMILES string of the molecule is C/C=C(/C)N(/N=C/C)c1nc(-c2cccc3[nH]ccc23)nc(N2CCOCC2)n1. The second-order valence-corrected chi connectivity index (χ2v) is 6.72. The summed E-state index contributed by atoms with van der Waals surface area (Å²) < 4.78 is 5.50. The predicted octanol–water partition coefficient (Wildman–Crippen LogP) is 3.59. The number of hydrogen-bond acceptors (Lipinski definition) is 7. The van der Waals surface area contributed by atoms with Crippen molar-refractivity contribution in [3.8, 4) is 11.4 Å². The Kier molecular flexibility index (Phi) is 5.53. The largest absolute Gasteiger partial charge is 0.378 e. The van der Waals surface area contributed by atoms with Crippen LogP contribution in [0.3, 0.4) is 0 Å². The van der Waals surface area contributed by atoms with Crippen LogP contribution in [-0.2, 0) is 4.74 Å². The molecule has 0 atom stereocenters. The first kappa shape index (κ1) is 19.1. The van der Waals surface area contributed by atoms with Crippen molar-refractivity contribution in [3.05, 3.63) is 42.2 Å². The first-order valence-electron chi connectivity index (χ1n) is 9.78. The third-order valence-corrected chi connectivity index (χ3v) is 4.91. The molecule has 0 aliphatic carbocycles. The number of allylic oxidation sites excluding steroid dienone is 2. The number of nitrogens with one attached hydrogen (secondary N) is 1. The van der Waals surface area contributed by atoms with Gasteiger partial charge in [-0.25, -0.2) is 5.01 Å². The highest BCUT2D eigenvalue weighted by Gasteiger charge is 2.21. The zero-order valence-electron chi connectivity index (χ0n) is 17.0. The molecule has 1 aromatic carbocycles. The van der Waals surface area contributed by atoms with Gasteiger partial charge in [-0.15, -0.1) is 0 Å². The number of hydrogen-bond donors (Lipinski definition) is 1. The first-order valence-corrected chi connectivity index (χ1v) is 9.78. The lowest BCUT2D eigenvalue weighted by Crippen LogP contribution is -2.37. The monoisotopic (exact) mass is 391 g/mol. The maximum atomic E-state index is 5.50. The molecule has 4 rings (SSSR count). The second kappa shape index (κ2) is 8.40. The van der Waals surface area contributed by atoms with E-state index in [0.29, 0.717) is 30.9 Å². The smallest absolute Gasteiger partial charge is 0.256 e. The van der Waals surface area contributed by atoms with Gasteiger partial charge in [0.05, 0.1) is 13.2 Å². The molecule has 0 saturated carbocycles. The molecule has 0 unspecified atom stereocenters. The Hall–Kier alpha value is -3.26. The van der Waals surface area contributed by atoms with Crippen LogP contribution in [0.2, 0.25) is 0 Å². The quantitative estimate of drug-likeness (QED) is 0.529. The summed E-state index contributed by atoms with van der Waals surface area (Å²) in [7, 11) is 0. The number of aromatic nitrogens is 4. The number of fused-ring (bicyclic) bond motifs is 1. The number of morpholine rings is 1. The molecule has 1 aliphatic rings. The normalized spacial score (nSPS) is 15.4. The van der Waals surface area contributed by atoms with Crippen LogP contribution in [0.5, 0.6) is 0 Å². The number of H-pyrrole nitrogens is 1. The molecule has 1 saturated heterocycles. The minimum atomic E-state index is 0.498. The van der Waals surface area contributed by atoms with Gasteiger partial charge in [0.25, 0.3) is 5.95 Å². The van der Waals surface area contributed by atoms with Crippen LogP contribution < -0.4 is 9.91 Å². The van der Waals surface area contributed by atoms with Gasteiger partial charge in [-0.3, -0.25) is 0 Å². The van der Waals surface area contributed by atoms with E-state index in [1.165, 1.54) is 0 Å². The summed E-state index contributed by atoms with van der Waals surface area (Å²) in [6, 6.07) is 8.13. The topological polar surface area (TPSA) is 82.5 Å². The molecule has 0 radical (unpaired) electrons. The fourth-order valence-electron chi connectivity index (χ4n) is 3.29. The summed E-state index contributed by atoms with van der Waals surface area (Å²) >= 11 is 0. The molecule has 0 spiro atoms. The van der Waals surface area contributed by atoms with Gasteiger partial charge in [0.15, 0.2) is 5.82 Å². The van der Waals surface area contributed by atoms with Gasteiger partial charge in [-0.1, -0.05) is 18.2 Å². The van der Waals surface area contributed by atoms with E-state index in [9.17, 15) is 0 Å². The molecule has 3 heterocycles. The third kappa shape index (κ3) is 3.84. The Morgan fingerprint density at radius 1 is 1.17 bits per heavy atom. The van der Waals surface area contributed by atoms with Gasteiger partial charge in [0.2, 0.25) is 5.95 Å². The molecule has 29 heavy (non-hydrogen) atoms. The van der Waals surface area contributed by atoms with Crippen LogP contribution in [-0.4, -0.2) is 52.5 Å². The number of benzene rings is 1. The second-order valence-electron chi connectivity index (χ2n) is 6.72. The van der Waals surface area contributed by atoms with E-state index < -0.39 is 0 Å². The fourth-order valence-corrected chi connectivity index (χ4v) is 3.29. The molecular formula is C21H25N7O. The highest BCUT2D eigenvalue weighted by Crippen LogP contribution is 2.29. The van der Waals surface area contributed by atoms with Gasteiger partial charge < -0.3 is 14.6 Å². The molecule has 1 fully saturated rings. The van der Waals surface area contributed by atoms with Crippen molar-refractivity contribution < 1.29 is 4.74 Å². The molecule has 8 nitrogen and oxygen atoms in total. The summed E-state index contributed by atoms with van der Waals surface area (Å²) in [5.41, 5.74) is 2.94. The molecule has 8 heteroatoms. The van der Waals surface area contributed by atoms with E-state index in [2.05, 4.69) is 15.0 Å². The van der Waals surface area contributed by atoms with Crippen molar-refractivity contribution in [1.82, 2.24) is 19.9 Å². The van der Waals surface area contributed by atoms with Gasteiger partial charge in [-0.2, -0.15) is 20.1 Å². The Bertz CT molecular complexity index is 1050. The molecule has 150 valence electrons. The molecule has 0 bridgehead atoms. The van der Waals surface area contributed by atoms with Gasteiger partial charge >= 0.3 is 0 Å². The maximum absolute atomic E-state index is 5.50. The Morgan fingerprint density at radius 2 is 2.00 bits per heavy atom. The number of hydrazone groups is 1. The average molecular weight is 391 g/mol. The van der Waals surface area contributed by atoms with E-state index in [-0.39, 0.29) is 0 Å². The average Bonchev–Trinajstić information content (AvgIpc) is 3.26. The molecule has 1 aliphatic heterocycles. The van der Waals surface area contributed by atoms with Crippen molar-refractivity contribution in [3.63, 3.8) is 0 Å². The Balaban J connectivity index is 1.89. The van der Waals surface area contributed by atoms with Crippen molar-refractivity contribution in [2.45, 2.75) is 20.8 Å². The van der Waals surface area contributed by atoms with Crippen LogP contribution in [0.4, 0.5) is 11.9 Å². The summed E-state index contributed by atoms with van der Waals surface area (Å²) in [6.45, 7) is 8.65. The van der Waals surface area contributed by atoms with Crippen molar-refractivity contribution >= 4 is 29.0 Å². The fraction of sp³-hybridized carbons (Fsp3) is 0.333. The Labute approximate surface area is 169 Å². The zero-order valence-corrected chi connectivity index (χ0v) is 17.0. The Morgan fingerprint density at radius 3 is 2.76 bits per heavy atom. The van der Waals surface area contributed by atoms with Crippen LogP contribution in [0.15, 0.2) is 47.3 Å². The first-order chi connectivity index (χ1) is 14.2. The standard InChI is InChI=1S/C21H25N7O/c1-4-15(3)28(23-5-2)21-25-19(17-7-6-8-18-16(17)9-10-22-18)24-20(26-21)27-11-13-29-14-12-27/h4-10,22H,11-14H2,1-3H3/b15-4-,23-5+. The summed E-state index contributed by atoms with van der Waals surface area (Å²) in [5.74, 6) is 1.76. The van der Waals surface area contributed by atoms with E-state index in [1.54, 1.807) is 11.2 Å². The van der Waals surface area contributed by atoms with E-state index >= 15 is 0 Å². The van der Waals surface area contributed by atoms with Crippen molar-refractivity contribution in [2.24, 2.45) is 5.10 Å². The number of aromatic amines is 1. The lowest BCUT2D eigenvalue weighted by Gasteiger charge is -2.28. The van der Waals surface area contributed by atoms with E-state index in [0.717, 1.165) is 35.3 Å². The highest BCUT2D eigenvalue weighted by atomic mass is 16.5. The predicted molar refractivity (Wildman–Crippen MR) is 116 cm³/mol. The van der Waals surface area contributed by atoms with Gasteiger partial charge in [0, 0.05) is 47.7 Å². The van der Waals surface area contributed by atoms with Crippen LogP contribution in [0, 0.1) is 0 Å². The summed E-state index contributed by atoms with van der Waals surface area (Å²) in [5, 5.41) is 7.29. The van der Waals surface area contributed by atoms with Gasteiger partial charge in [0.1, 0.15) is 0 Å². The molecule has 1 N–H and O–H groups in total.